The summed E-state index contributed by atoms with van der Waals surface area (Å²) in [7, 11) is 1.95. The van der Waals surface area contributed by atoms with Crippen LogP contribution in [0.15, 0.2) is 9.95 Å². The fraction of sp³-hybridized carbons (Fsp3) is 0.708. The van der Waals surface area contributed by atoms with Crippen molar-refractivity contribution in [2.75, 3.05) is 12.8 Å². The zero-order valence-electron chi connectivity index (χ0n) is 18.5. The van der Waals surface area contributed by atoms with Crippen LogP contribution in [0, 0.1) is 0 Å². The zero-order chi connectivity index (χ0) is 21.4. The fourth-order valence-electron chi connectivity index (χ4n) is 5.69. The van der Waals surface area contributed by atoms with Crippen LogP contribution in [0.5, 0.6) is 0 Å². The van der Waals surface area contributed by atoms with E-state index in [9.17, 15) is 9.59 Å². The summed E-state index contributed by atoms with van der Waals surface area (Å²) in [5.41, 5.74) is 1.41. The summed E-state index contributed by atoms with van der Waals surface area (Å²) in [6.45, 7) is 0. The number of amides is 1. The lowest BCUT2D eigenvalue weighted by Crippen LogP contribution is -2.39. The zero-order valence-corrected chi connectivity index (χ0v) is 20.2. The molecule has 3 aliphatic carbocycles. The standard InChI is InChI=1S/C24H33N3O2S2/c1-26(16-9-3-2-4-10-16)20(28)15-30-24-25-22-21(18-13-7-8-14-19(18)31-22)23(29)27(24)17-11-5-6-12-17/h16-17H,2-15H2,1H3. The number of aromatic nitrogens is 2. The van der Waals surface area contributed by atoms with Gasteiger partial charge in [0.2, 0.25) is 5.91 Å². The quantitative estimate of drug-likeness (QED) is 0.448. The van der Waals surface area contributed by atoms with Crippen molar-refractivity contribution in [1.29, 1.82) is 0 Å². The first kappa shape index (κ1) is 21.5. The molecule has 3 aliphatic rings. The van der Waals surface area contributed by atoms with Gasteiger partial charge in [0.15, 0.2) is 5.16 Å². The fourth-order valence-corrected chi connectivity index (χ4v) is 7.98. The van der Waals surface area contributed by atoms with E-state index in [4.69, 9.17) is 4.98 Å². The van der Waals surface area contributed by atoms with Crippen LogP contribution in [0.1, 0.15) is 87.1 Å². The highest BCUT2D eigenvalue weighted by Gasteiger charge is 2.28. The first-order valence-electron chi connectivity index (χ1n) is 12.1. The maximum absolute atomic E-state index is 13.7. The summed E-state index contributed by atoms with van der Waals surface area (Å²) in [6.07, 6.45) is 14.8. The van der Waals surface area contributed by atoms with Gasteiger partial charge in [0, 0.05) is 24.0 Å². The van der Waals surface area contributed by atoms with E-state index in [1.807, 2.05) is 16.5 Å². The highest BCUT2D eigenvalue weighted by molar-refractivity contribution is 7.99. The van der Waals surface area contributed by atoms with Crippen molar-refractivity contribution < 1.29 is 4.79 Å². The lowest BCUT2D eigenvalue weighted by Gasteiger charge is -2.31. The molecular formula is C24H33N3O2S2. The Bertz CT molecular complexity index is 1020. The molecule has 5 nitrogen and oxygen atoms in total. The van der Waals surface area contributed by atoms with E-state index in [0.29, 0.717) is 11.8 Å². The Hall–Kier alpha value is -1.34. The average molecular weight is 460 g/mol. The van der Waals surface area contributed by atoms with Gasteiger partial charge in [-0.3, -0.25) is 14.2 Å². The summed E-state index contributed by atoms with van der Waals surface area (Å²) >= 11 is 3.19. The molecule has 2 aromatic rings. The molecule has 0 radical (unpaired) electrons. The minimum absolute atomic E-state index is 0.145. The number of hydrogen-bond acceptors (Lipinski definition) is 5. The molecule has 0 bridgehead atoms. The van der Waals surface area contributed by atoms with Crippen LogP contribution in [0.25, 0.3) is 10.2 Å². The summed E-state index contributed by atoms with van der Waals surface area (Å²) in [4.78, 5) is 35.9. The van der Waals surface area contributed by atoms with Crippen LogP contribution in [-0.2, 0) is 17.6 Å². The molecule has 168 valence electrons. The van der Waals surface area contributed by atoms with Crippen molar-refractivity contribution >= 4 is 39.2 Å². The summed E-state index contributed by atoms with van der Waals surface area (Å²) in [5, 5.41) is 1.63. The molecule has 0 N–H and O–H groups in total. The SMILES string of the molecule is CN(C(=O)CSc1nc2sc3c(c2c(=O)n1C1CCCC1)CCCC3)C1CCCCC1. The number of fused-ring (bicyclic) bond motifs is 3. The molecule has 2 saturated carbocycles. The van der Waals surface area contributed by atoms with E-state index in [1.54, 1.807) is 11.3 Å². The Morgan fingerprint density at radius 3 is 2.55 bits per heavy atom. The maximum atomic E-state index is 13.7. The minimum Gasteiger partial charge on any atom is -0.342 e. The van der Waals surface area contributed by atoms with E-state index < -0.39 is 0 Å². The van der Waals surface area contributed by atoms with E-state index in [0.717, 1.165) is 53.9 Å². The van der Waals surface area contributed by atoms with Crippen molar-refractivity contribution in [2.24, 2.45) is 0 Å². The third-order valence-electron chi connectivity index (χ3n) is 7.52. The van der Waals surface area contributed by atoms with Crippen molar-refractivity contribution in [3.8, 4) is 0 Å². The Morgan fingerprint density at radius 2 is 1.77 bits per heavy atom. The molecule has 5 rings (SSSR count). The average Bonchev–Trinajstić information content (AvgIpc) is 3.45. The number of thiophene rings is 1. The van der Waals surface area contributed by atoms with Crippen LogP contribution < -0.4 is 5.56 Å². The first-order valence-corrected chi connectivity index (χ1v) is 13.9. The largest absolute Gasteiger partial charge is 0.342 e. The second-order valence-corrected chi connectivity index (χ2v) is 11.5. The number of hydrogen-bond donors (Lipinski definition) is 0. The highest BCUT2D eigenvalue weighted by Crippen LogP contribution is 2.37. The molecule has 2 aromatic heterocycles. The Kier molecular flexibility index (Phi) is 6.42. The van der Waals surface area contributed by atoms with Gasteiger partial charge in [0.25, 0.3) is 5.56 Å². The summed E-state index contributed by atoms with van der Waals surface area (Å²) in [5.74, 6) is 0.526. The molecule has 0 spiro atoms. The van der Waals surface area contributed by atoms with Gasteiger partial charge in [-0.05, 0) is 56.9 Å². The second-order valence-electron chi connectivity index (χ2n) is 9.48. The normalized spacial score (nSPS) is 20.3. The van der Waals surface area contributed by atoms with Crippen LogP contribution in [-0.4, -0.2) is 39.2 Å². The second kappa shape index (κ2) is 9.26. The lowest BCUT2D eigenvalue weighted by atomic mass is 9.94. The van der Waals surface area contributed by atoms with E-state index >= 15 is 0 Å². The number of carbonyl (C=O) groups is 1. The van der Waals surface area contributed by atoms with Gasteiger partial charge in [-0.2, -0.15) is 0 Å². The van der Waals surface area contributed by atoms with Crippen LogP contribution >= 0.6 is 23.1 Å². The van der Waals surface area contributed by atoms with Gasteiger partial charge in [-0.15, -0.1) is 11.3 Å². The summed E-state index contributed by atoms with van der Waals surface area (Å²) in [6, 6.07) is 0.607. The smallest absolute Gasteiger partial charge is 0.263 e. The van der Waals surface area contributed by atoms with Crippen molar-refractivity contribution in [2.45, 2.75) is 101 Å². The Morgan fingerprint density at radius 1 is 1.06 bits per heavy atom. The maximum Gasteiger partial charge on any atom is 0.263 e. The van der Waals surface area contributed by atoms with Crippen molar-refractivity contribution in [3.63, 3.8) is 0 Å². The van der Waals surface area contributed by atoms with Gasteiger partial charge in [0.05, 0.1) is 11.1 Å². The van der Waals surface area contributed by atoms with Gasteiger partial charge >= 0.3 is 0 Å². The topological polar surface area (TPSA) is 55.2 Å². The molecule has 7 heteroatoms. The predicted octanol–water partition coefficient (Wildman–Crippen LogP) is 5.34. The summed E-state index contributed by atoms with van der Waals surface area (Å²) < 4.78 is 1.97. The molecule has 0 aromatic carbocycles. The monoisotopic (exact) mass is 459 g/mol. The third kappa shape index (κ3) is 4.20. The Labute approximate surface area is 192 Å². The van der Waals surface area contributed by atoms with Gasteiger partial charge in [0.1, 0.15) is 4.83 Å². The number of aryl methyl sites for hydroxylation is 2. The van der Waals surface area contributed by atoms with Crippen LogP contribution in [0.2, 0.25) is 0 Å². The van der Waals surface area contributed by atoms with Crippen LogP contribution in [0.4, 0.5) is 0 Å². The molecule has 0 atom stereocenters. The minimum atomic E-state index is 0.145. The van der Waals surface area contributed by atoms with E-state index in [-0.39, 0.29) is 17.5 Å². The van der Waals surface area contributed by atoms with Gasteiger partial charge < -0.3 is 4.90 Å². The molecule has 1 amide bonds. The first-order chi connectivity index (χ1) is 15.1. The number of thioether (sulfide) groups is 1. The number of carbonyl (C=O) groups excluding carboxylic acids is 1. The van der Waals surface area contributed by atoms with Gasteiger partial charge in [-0.25, -0.2) is 4.98 Å². The van der Waals surface area contributed by atoms with Gasteiger partial charge in [-0.1, -0.05) is 43.9 Å². The van der Waals surface area contributed by atoms with E-state index in [2.05, 4.69) is 0 Å². The number of rotatable bonds is 5. The molecule has 0 unspecified atom stereocenters. The third-order valence-corrected chi connectivity index (χ3v) is 9.64. The highest BCUT2D eigenvalue weighted by atomic mass is 32.2. The van der Waals surface area contributed by atoms with Crippen molar-refractivity contribution in [1.82, 2.24) is 14.5 Å². The Balaban J connectivity index is 1.45. The predicted molar refractivity (Wildman–Crippen MR) is 128 cm³/mol. The molecule has 0 saturated heterocycles. The molecule has 0 aliphatic heterocycles. The van der Waals surface area contributed by atoms with E-state index in [1.165, 1.54) is 67.1 Å². The van der Waals surface area contributed by atoms with Crippen molar-refractivity contribution in [3.05, 3.63) is 20.8 Å². The molecule has 31 heavy (non-hydrogen) atoms. The molecular weight excluding hydrogens is 426 g/mol. The molecule has 2 fully saturated rings. The van der Waals surface area contributed by atoms with Crippen LogP contribution in [0.3, 0.4) is 0 Å². The lowest BCUT2D eigenvalue weighted by molar-refractivity contribution is -0.129. The molecule has 2 heterocycles. The number of nitrogens with zero attached hydrogens (tertiary/aromatic N) is 3.